The van der Waals surface area contributed by atoms with Crippen LogP contribution in [0.15, 0.2) is 63.9 Å². The monoisotopic (exact) mass is 454 g/mol. The summed E-state index contributed by atoms with van der Waals surface area (Å²) in [5.41, 5.74) is 2.07. The van der Waals surface area contributed by atoms with Gasteiger partial charge in [0.15, 0.2) is 5.69 Å². The Bertz CT molecular complexity index is 1130. The standard InChI is InChI=1S/C21H19BrN4O3/c1-13-10-15(22)8-9-17(13)24-19(28)12-23-21(29)20-18(27)11-14(2)26(25-20)16-6-4-3-5-7-16/h3-11H,12H2,1-2H3,(H,23,29)(H,24,28). The molecule has 0 saturated carbocycles. The third-order valence-electron chi connectivity index (χ3n) is 4.20. The van der Waals surface area contributed by atoms with Crippen molar-refractivity contribution in [2.24, 2.45) is 0 Å². The van der Waals surface area contributed by atoms with Crippen LogP contribution in [0.4, 0.5) is 5.69 Å². The zero-order valence-corrected chi connectivity index (χ0v) is 17.5. The van der Waals surface area contributed by atoms with Gasteiger partial charge in [0, 0.05) is 21.9 Å². The van der Waals surface area contributed by atoms with Crippen LogP contribution in [-0.2, 0) is 4.79 Å². The maximum atomic E-state index is 12.5. The number of para-hydroxylation sites is 1. The zero-order chi connectivity index (χ0) is 21.0. The largest absolute Gasteiger partial charge is 0.341 e. The summed E-state index contributed by atoms with van der Waals surface area (Å²) < 4.78 is 2.42. The number of aryl methyl sites for hydroxylation is 2. The van der Waals surface area contributed by atoms with Crippen LogP contribution in [0.3, 0.4) is 0 Å². The number of hydrogen-bond acceptors (Lipinski definition) is 4. The van der Waals surface area contributed by atoms with Gasteiger partial charge in [0.25, 0.3) is 5.91 Å². The number of hydrogen-bond donors (Lipinski definition) is 2. The molecular weight excluding hydrogens is 436 g/mol. The minimum atomic E-state index is -0.706. The molecule has 0 aliphatic carbocycles. The van der Waals surface area contributed by atoms with E-state index in [9.17, 15) is 14.4 Å². The molecule has 0 radical (unpaired) electrons. The molecule has 2 N–H and O–H groups in total. The van der Waals surface area contributed by atoms with Crippen molar-refractivity contribution in [3.63, 3.8) is 0 Å². The molecule has 0 aliphatic rings. The molecule has 1 heterocycles. The van der Waals surface area contributed by atoms with Crippen molar-refractivity contribution in [1.82, 2.24) is 15.1 Å². The molecule has 1 aromatic heterocycles. The molecule has 8 heteroatoms. The van der Waals surface area contributed by atoms with Crippen molar-refractivity contribution in [3.05, 3.63) is 86.2 Å². The fourth-order valence-corrected chi connectivity index (χ4v) is 3.22. The third kappa shape index (κ3) is 4.97. The second-order valence-corrected chi connectivity index (χ2v) is 7.35. The van der Waals surface area contributed by atoms with Crippen LogP contribution < -0.4 is 16.1 Å². The average Bonchev–Trinajstić information content (AvgIpc) is 2.69. The maximum Gasteiger partial charge on any atom is 0.276 e. The van der Waals surface area contributed by atoms with Gasteiger partial charge >= 0.3 is 0 Å². The molecular formula is C21H19BrN4O3. The molecule has 3 rings (SSSR count). The first-order chi connectivity index (χ1) is 13.8. The van der Waals surface area contributed by atoms with Crippen LogP contribution in [0.5, 0.6) is 0 Å². The van der Waals surface area contributed by atoms with E-state index in [2.05, 4.69) is 31.7 Å². The second kappa shape index (κ2) is 8.83. The Morgan fingerprint density at radius 1 is 1.07 bits per heavy atom. The minimum absolute atomic E-state index is 0.271. The highest BCUT2D eigenvalue weighted by Crippen LogP contribution is 2.19. The smallest absolute Gasteiger partial charge is 0.276 e. The molecule has 2 amide bonds. The molecule has 29 heavy (non-hydrogen) atoms. The van der Waals surface area contributed by atoms with E-state index in [0.29, 0.717) is 11.4 Å². The molecule has 7 nitrogen and oxygen atoms in total. The lowest BCUT2D eigenvalue weighted by atomic mass is 10.2. The van der Waals surface area contributed by atoms with Crippen molar-refractivity contribution < 1.29 is 9.59 Å². The first-order valence-corrected chi connectivity index (χ1v) is 9.65. The van der Waals surface area contributed by atoms with E-state index in [1.165, 1.54) is 10.7 Å². The Kier molecular flexibility index (Phi) is 6.23. The first-order valence-electron chi connectivity index (χ1n) is 8.86. The number of halogens is 1. The molecule has 0 atom stereocenters. The van der Waals surface area contributed by atoms with E-state index in [1.807, 2.05) is 49.4 Å². The topological polar surface area (TPSA) is 93.1 Å². The molecule has 0 aliphatic heterocycles. The number of amides is 2. The number of nitrogens with zero attached hydrogens (tertiary/aromatic N) is 2. The quantitative estimate of drug-likeness (QED) is 0.619. The van der Waals surface area contributed by atoms with Gasteiger partial charge in [0.05, 0.1) is 12.2 Å². The van der Waals surface area contributed by atoms with Crippen molar-refractivity contribution in [1.29, 1.82) is 0 Å². The minimum Gasteiger partial charge on any atom is -0.341 e. The Labute approximate surface area is 175 Å². The summed E-state index contributed by atoms with van der Waals surface area (Å²) in [6.07, 6.45) is 0. The van der Waals surface area contributed by atoms with E-state index >= 15 is 0 Å². The van der Waals surface area contributed by atoms with Gasteiger partial charge < -0.3 is 10.6 Å². The highest BCUT2D eigenvalue weighted by Gasteiger charge is 2.16. The number of benzene rings is 2. The Hall–Kier alpha value is -3.26. The summed E-state index contributed by atoms with van der Waals surface area (Å²) in [5.74, 6) is -1.11. The Morgan fingerprint density at radius 3 is 2.48 bits per heavy atom. The molecule has 0 unspecified atom stereocenters. The summed E-state index contributed by atoms with van der Waals surface area (Å²) in [6.45, 7) is 3.31. The number of rotatable bonds is 5. The van der Waals surface area contributed by atoms with Crippen LogP contribution in [0.2, 0.25) is 0 Å². The molecule has 0 bridgehead atoms. The number of carbonyl (C=O) groups excluding carboxylic acids is 2. The Balaban J connectivity index is 1.72. The predicted molar refractivity (Wildman–Crippen MR) is 114 cm³/mol. The number of carbonyl (C=O) groups is 2. The van der Waals surface area contributed by atoms with Crippen molar-refractivity contribution in [2.45, 2.75) is 13.8 Å². The highest BCUT2D eigenvalue weighted by molar-refractivity contribution is 9.10. The van der Waals surface area contributed by atoms with Crippen molar-refractivity contribution >= 4 is 33.4 Å². The van der Waals surface area contributed by atoms with Crippen molar-refractivity contribution in [3.8, 4) is 5.69 Å². The van der Waals surface area contributed by atoms with E-state index in [1.54, 1.807) is 13.0 Å². The van der Waals surface area contributed by atoms with Gasteiger partial charge in [-0.05, 0) is 49.7 Å². The molecule has 3 aromatic rings. The highest BCUT2D eigenvalue weighted by atomic mass is 79.9. The van der Waals surface area contributed by atoms with Crippen LogP contribution in [0.1, 0.15) is 21.7 Å². The normalized spacial score (nSPS) is 10.4. The van der Waals surface area contributed by atoms with E-state index in [0.717, 1.165) is 15.7 Å². The lowest BCUT2D eigenvalue weighted by molar-refractivity contribution is -0.115. The van der Waals surface area contributed by atoms with E-state index in [-0.39, 0.29) is 12.2 Å². The molecule has 0 spiro atoms. The SMILES string of the molecule is Cc1cc(Br)ccc1NC(=O)CNC(=O)c1nn(-c2ccccc2)c(C)cc1=O. The van der Waals surface area contributed by atoms with Gasteiger partial charge in [-0.2, -0.15) is 5.10 Å². The van der Waals surface area contributed by atoms with E-state index in [4.69, 9.17) is 0 Å². The lowest BCUT2D eigenvalue weighted by Gasteiger charge is -2.12. The van der Waals surface area contributed by atoms with Crippen LogP contribution in [0.25, 0.3) is 5.69 Å². The van der Waals surface area contributed by atoms with Crippen LogP contribution in [-0.4, -0.2) is 28.1 Å². The van der Waals surface area contributed by atoms with Gasteiger partial charge in [-0.25, -0.2) is 4.68 Å². The molecule has 0 fully saturated rings. The first kappa shape index (κ1) is 20.5. The van der Waals surface area contributed by atoms with Gasteiger partial charge in [0.1, 0.15) is 0 Å². The molecule has 2 aromatic carbocycles. The number of nitrogens with one attached hydrogen (secondary N) is 2. The van der Waals surface area contributed by atoms with Gasteiger partial charge in [-0.3, -0.25) is 14.4 Å². The maximum absolute atomic E-state index is 12.5. The van der Waals surface area contributed by atoms with Crippen LogP contribution in [0, 0.1) is 13.8 Å². The second-order valence-electron chi connectivity index (χ2n) is 6.44. The predicted octanol–water partition coefficient (Wildman–Crippen LogP) is 2.98. The Morgan fingerprint density at radius 2 is 1.79 bits per heavy atom. The number of aromatic nitrogens is 2. The molecule has 0 saturated heterocycles. The van der Waals surface area contributed by atoms with Gasteiger partial charge in [-0.15, -0.1) is 0 Å². The fourth-order valence-electron chi connectivity index (χ4n) is 2.74. The van der Waals surface area contributed by atoms with E-state index < -0.39 is 17.2 Å². The van der Waals surface area contributed by atoms with Crippen molar-refractivity contribution in [2.75, 3.05) is 11.9 Å². The van der Waals surface area contributed by atoms with Gasteiger partial charge in [-0.1, -0.05) is 34.1 Å². The summed E-state index contributed by atoms with van der Waals surface area (Å²) in [7, 11) is 0. The summed E-state index contributed by atoms with van der Waals surface area (Å²) in [6, 6.07) is 16.0. The zero-order valence-electron chi connectivity index (χ0n) is 15.9. The summed E-state index contributed by atoms with van der Waals surface area (Å²) in [5, 5.41) is 9.36. The van der Waals surface area contributed by atoms with Gasteiger partial charge in [0.2, 0.25) is 11.3 Å². The average molecular weight is 455 g/mol. The summed E-state index contributed by atoms with van der Waals surface area (Å²) in [4.78, 5) is 36.9. The third-order valence-corrected chi connectivity index (χ3v) is 4.69. The molecule has 148 valence electrons. The van der Waals surface area contributed by atoms with Crippen LogP contribution >= 0.6 is 15.9 Å². The fraction of sp³-hybridized carbons (Fsp3) is 0.143. The summed E-state index contributed by atoms with van der Waals surface area (Å²) >= 11 is 3.36. The number of anilines is 1. The lowest BCUT2D eigenvalue weighted by Crippen LogP contribution is -2.37.